The highest BCUT2D eigenvalue weighted by Crippen LogP contribution is 2.30. The smallest absolute Gasteiger partial charge is 0.273 e. The zero-order valence-corrected chi connectivity index (χ0v) is 12.7. The number of thiophene rings is 1. The predicted octanol–water partition coefficient (Wildman–Crippen LogP) is 4.56. The number of aryl methyl sites for hydroxylation is 1. The van der Waals surface area contributed by atoms with Crippen molar-refractivity contribution < 1.29 is 9.66 Å². The van der Waals surface area contributed by atoms with Crippen LogP contribution in [0.3, 0.4) is 0 Å². The van der Waals surface area contributed by atoms with Crippen molar-refractivity contribution in [3.63, 3.8) is 0 Å². The molecule has 0 spiro atoms. The highest BCUT2D eigenvalue weighted by atomic mass is 79.9. The quantitative estimate of drug-likeness (QED) is 0.591. The minimum Gasteiger partial charge on any atom is -0.487 e. The molecule has 2 rings (SSSR count). The summed E-state index contributed by atoms with van der Waals surface area (Å²) in [6.45, 7) is 2.53. The van der Waals surface area contributed by atoms with E-state index in [4.69, 9.17) is 4.74 Å². The van der Waals surface area contributed by atoms with Crippen molar-refractivity contribution in [2.24, 2.45) is 0 Å². The first kappa shape index (κ1) is 14.0. The fraction of sp³-hybridized carbons (Fsp3) is 0.231. The number of non-ortho nitro benzene ring substituents is 1. The molecular formula is C13H12BrNO3S. The third-order valence-corrected chi connectivity index (χ3v) is 4.42. The Hall–Kier alpha value is -1.40. The van der Waals surface area contributed by atoms with Gasteiger partial charge in [0.2, 0.25) is 0 Å². The lowest BCUT2D eigenvalue weighted by molar-refractivity contribution is -0.385. The molecule has 0 aliphatic heterocycles. The first-order valence-corrected chi connectivity index (χ1v) is 7.35. The number of nitro benzene ring substituents is 1. The Kier molecular flexibility index (Phi) is 4.55. The molecular weight excluding hydrogens is 330 g/mol. The second-order valence-electron chi connectivity index (χ2n) is 3.88. The van der Waals surface area contributed by atoms with Gasteiger partial charge in [-0.1, -0.05) is 6.92 Å². The molecule has 100 valence electrons. The van der Waals surface area contributed by atoms with E-state index in [1.165, 1.54) is 17.0 Å². The van der Waals surface area contributed by atoms with Gasteiger partial charge in [-0.15, -0.1) is 11.3 Å². The van der Waals surface area contributed by atoms with Crippen LogP contribution in [0.2, 0.25) is 0 Å². The molecule has 2 aromatic rings. The molecule has 1 heterocycles. The van der Waals surface area contributed by atoms with Crippen molar-refractivity contribution in [3.05, 3.63) is 54.7 Å². The van der Waals surface area contributed by atoms with Crippen LogP contribution in [-0.2, 0) is 13.0 Å². The number of halogens is 1. The fourth-order valence-corrected chi connectivity index (χ4v) is 2.79. The number of nitrogens with zero attached hydrogens (tertiary/aromatic N) is 1. The summed E-state index contributed by atoms with van der Waals surface area (Å²) in [5, 5.41) is 10.7. The average Bonchev–Trinajstić information content (AvgIpc) is 2.85. The SMILES string of the molecule is CCc1ccc(COc2cc([N+](=O)[O-])ccc2Br)s1. The second-order valence-corrected chi connectivity index (χ2v) is 5.99. The van der Waals surface area contributed by atoms with Gasteiger partial charge in [0.05, 0.1) is 15.5 Å². The number of hydrogen-bond acceptors (Lipinski definition) is 4. The maximum absolute atomic E-state index is 10.7. The lowest BCUT2D eigenvalue weighted by Gasteiger charge is -2.06. The van der Waals surface area contributed by atoms with Gasteiger partial charge in [-0.2, -0.15) is 0 Å². The Labute approximate surface area is 123 Å². The van der Waals surface area contributed by atoms with Crippen molar-refractivity contribution in [2.75, 3.05) is 0 Å². The Balaban J connectivity index is 2.10. The molecule has 19 heavy (non-hydrogen) atoms. The molecule has 0 fully saturated rings. The average molecular weight is 342 g/mol. The summed E-state index contributed by atoms with van der Waals surface area (Å²) in [4.78, 5) is 12.7. The van der Waals surface area contributed by atoms with Crippen LogP contribution < -0.4 is 4.74 Å². The largest absolute Gasteiger partial charge is 0.487 e. The van der Waals surface area contributed by atoms with Gasteiger partial charge in [-0.05, 0) is 40.5 Å². The topological polar surface area (TPSA) is 52.4 Å². The van der Waals surface area contributed by atoms with Gasteiger partial charge >= 0.3 is 0 Å². The summed E-state index contributed by atoms with van der Waals surface area (Å²) in [5.41, 5.74) is 0.0265. The summed E-state index contributed by atoms with van der Waals surface area (Å²) in [5.74, 6) is 0.487. The molecule has 1 aromatic carbocycles. The van der Waals surface area contributed by atoms with Crippen LogP contribution >= 0.6 is 27.3 Å². The van der Waals surface area contributed by atoms with E-state index in [2.05, 4.69) is 28.9 Å². The van der Waals surface area contributed by atoms with E-state index in [9.17, 15) is 10.1 Å². The summed E-state index contributed by atoms with van der Waals surface area (Å²) in [7, 11) is 0. The Morgan fingerprint density at radius 1 is 1.32 bits per heavy atom. The molecule has 0 radical (unpaired) electrons. The van der Waals surface area contributed by atoms with E-state index < -0.39 is 4.92 Å². The molecule has 0 bridgehead atoms. The van der Waals surface area contributed by atoms with E-state index >= 15 is 0 Å². The predicted molar refractivity (Wildman–Crippen MR) is 78.8 cm³/mol. The molecule has 0 unspecified atom stereocenters. The van der Waals surface area contributed by atoms with Gasteiger partial charge in [0, 0.05) is 15.8 Å². The van der Waals surface area contributed by atoms with Crippen molar-refractivity contribution >= 4 is 33.0 Å². The molecule has 0 saturated heterocycles. The Morgan fingerprint density at radius 2 is 2.05 bits per heavy atom. The van der Waals surface area contributed by atoms with Crippen LogP contribution in [0.1, 0.15) is 16.7 Å². The van der Waals surface area contributed by atoms with Crippen LogP contribution in [-0.4, -0.2) is 4.92 Å². The highest BCUT2D eigenvalue weighted by molar-refractivity contribution is 9.10. The zero-order valence-electron chi connectivity index (χ0n) is 10.3. The summed E-state index contributed by atoms with van der Waals surface area (Å²) in [6, 6.07) is 8.59. The van der Waals surface area contributed by atoms with Crippen molar-refractivity contribution in [2.45, 2.75) is 20.0 Å². The van der Waals surface area contributed by atoms with Gasteiger partial charge in [0.1, 0.15) is 12.4 Å². The van der Waals surface area contributed by atoms with E-state index in [-0.39, 0.29) is 5.69 Å². The maximum atomic E-state index is 10.7. The van der Waals surface area contributed by atoms with E-state index in [0.717, 1.165) is 11.3 Å². The number of hydrogen-bond donors (Lipinski definition) is 0. The molecule has 0 N–H and O–H groups in total. The van der Waals surface area contributed by atoms with Gasteiger partial charge in [0.25, 0.3) is 5.69 Å². The maximum Gasteiger partial charge on any atom is 0.273 e. The summed E-state index contributed by atoms with van der Waals surface area (Å²) in [6.07, 6.45) is 1.01. The molecule has 0 atom stereocenters. The van der Waals surface area contributed by atoms with E-state index in [0.29, 0.717) is 16.8 Å². The van der Waals surface area contributed by atoms with Gasteiger partial charge in [-0.25, -0.2) is 0 Å². The molecule has 0 amide bonds. The van der Waals surface area contributed by atoms with Gasteiger partial charge < -0.3 is 4.74 Å². The third-order valence-electron chi connectivity index (χ3n) is 2.56. The number of nitro groups is 1. The lowest BCUT2D eigenvalue weighted by Crippen LogP contribution is -1.95. The van der Waals surface area contributed by atoms with Gasteiger partial charge in [0.15, 0.2) is 0 Å². The summed E-state index contributed by atoms with van der Waals surface area (Å²) >= 11 is 5.02. The van der Waals surface area contributed by atoms with Crippen LogP contribution in [0.4, 0.5) is 5.69 Å². The molecule has 0 aliphatic rings. The lowest BCUT2D eigenvalue weighted by atomic mass is 10.3. The molecule has 6 heteroatoms. The van der Waals surface area contributed by atoms with Gasteiger partial charge in [-0.3, -0.25) is 10.1 Å². The van der Waals surface area contributed by atoms with Crippen molar-refractivity contribution in [3.8, 4) is 5.75 Å². The van der Waals surface area contributed by atoms with Crippen molar-refractivity contribution in [1.29, 1.82) is 0 Å². The molecule has 0 saturated carbocycles. The zero-order chi connectivity index (χ0) is 13.8. The third kappa shape index (κ3) is 3.54. The second kappa shape index (κ2) is 6.16. The monoisotopic (exact) mass is 341 g/mol. The first-order chi connectivity index (χ1) is 9.10. The van der Waals surface area contributed by atoms with Crippen molar-refractivity contribution in [1.82, 2.24) is 0 Å². The first-order valence-electron chi connectivity index (χ1n) is 5.74. The Bertz CT molecular complexity index is 597. The van der Waals surface area contributed by atoms with Crippen LogP contribution in [0.25, 0.3) is 0 Å². The number of ether oxygens (including phenoxy) is 1. The van der Waals surface area contributed by atoms with Crippen LogP contribution in [0.15, 0.2) is 34.8 Å². The standard InChI is InChI=1S/C13H12BrNO3S/c1-2-10-4-5-11(19-10)8-18-13-7-9(15(16)17)3-6-12(13)14/h3-7H,2,8H2,1H3. The molecule has 4 nitrogen and oxygen atoms in total. The summed E-state index contributed by atoms with van der Waals surface area (Å²) < 4.78 is 6.34. The number of benzene rings is 1. The van der Waals surface area contributed by atoms with E-state index in [1.807, 2.05) is 6.07 Å². The van der Waals surface area contributed by atoms with Crippen LogP contribution in [0.5, 0.6) is 5.75 Å². The normalized spacial score (nSPS) is 10.4. The molecule has 0 aliphatic carbocycles. The van der Waals surface area contributed by atoms with Crippen LogP contribution in [0, 0.1) is 10.1 Å². The number of rotatable bonds is 5. The minimum atomic E-state index is -0.431. The van der Waals surface area contributed by atoms with E-state index in [1.54, 1.807) is 17.4 Å². The molecule has 1 aromatic heterocycles. The Morgan fingerprint density at radius 3 is 2.68 bits per heavy atom. The minimum absolute atomic E-state index is 0.0265. The highest BCUT2D eigenvalue weighted by Gasteiger charge is 2.11. The fourth-order valence-electron chi connectivity index (χ4n) is 1.56.